The Bertz CT molecular complexity index is 726. The summed E-state index contributed by atoms with van der Waals surface area (Å²) in [6.07, 6.45) is 10.5. The van der Waals surface area contributed by atoms with Gasteiger partial charge in [0.05, 0.1) is 11.4 Å². The first-order chi connectivity index (χ1) is 13.3. The smallest absolute Gasteiger partial charge is 0.0943 e. The fraction of sp³-hybridized carbons (Fsp3) is 0.524. The van der Waals surface area contributed by atoms with Crippen LogP contribution in [-0.4, -0.2) is 74.5 Å². The van der Waals surface area contributed by atoms with Crippen molar-refractivity contribution in [2.24, 2.45) is 10.9 Å². The molecule has 6 nitrogen and oxygen atoms in total. The van der Waals surface area contributed by atoms with Crippen LogP contribution >= 0.6 is 0 Å². The molecule has 2 fully saturated rings. The molecule has 4 rings (SSSR count). The summed E-state index contributed by atoms with van der Waals surface area (Å²) in [4.78, 5) is 14.4. The minimum absolute atomic E-state index is 0.284. The maximum Gasteiger partial charge on any atom is 0.0943 e. The number of fused-ring (bicyclic) bond motifs is 1. The summed E-state index contributed by atoms with van der Waals surface area (Å²) in [6.45, 7) is 11.7. The lowest BCUT2D eigenvalue weighted by Crippen LogP contribution is -2.44. The number of pyridine rings is 1. The van der Waals surface area contributed by atoms with Gasteiger partial charge in [0.2, 0.25) is 0 Å². The van der Waals surface area contributed by atoms with Gasteiger partial charge in [0.15, 0.2) is 0 Å². The van der Waals surface area contributed by atoms with Gasteiger partial charge < -0.3 is 15.5 Å². The molecule has 1 aromatic rings. The molecule has 2 aliphatic heterocycles. The minimum Gasteiger partial charge on any atom is -0.368 e. The zero-order valence-corrected chi connectivity index (χ0v) is 16.2. The van der Waals surface area contributed by atoms with E-state index in [2.05, 4.69) is 51.7 Å². The Morgan fingerprint density at radius 1 is 1.15 bits per heavy atom. The molecule has 0 spiro atoms. The summed E-state index contributed by atoms with van der Waals surface area (Å²) >= 11 is 0. The van der Waals surface area contributed by atoms with E-state index in [1.807, 2.05) is 12.4 Å². The molecule has 27 heavy (non-hydrogen) atoms. The summed E-state index contributed by atoms with van der Waals surface area (Å²) < 4.78 is 0. The second kappa shape index (κ2) is 8.78. The Balaban J connectivity index is 1.53. The lowest BCUT2D eigenvalue weighted by molar-refractivity contribution is 0.264. The Hall–Kier alpha value is -2.02. The van der Waals surface area contributed by atoms with Crippen LogP contribution in [0.3, 0.4) is 0 Å². The van der Waals surface area contributed by atoms with Gasteiger partial charge in [0.1, 0.15) is 0 Å². The zero-order chi connectivity index (χ0) is 18.5. The van der Waals surface area contributed by atoms with Crippen molar-refractivity contribution in [1.29, 1.82) is 0 Å². The van der Waals surface area contributed by atoms with Crippen LogP contribution in [0.1, 0.15) is 18.2 Å². The standard InChI is InChI=1S/C21H30N6/c1-17-3-4-18-19(27-15-10-23-11-16-27)5-7-25-21(18)20(17)24-6-2-12-26-13-8-22-9-14-26/h2-7,17,22-23H,8-16H2,1H3/b6-2-,24-20?/t17-/m1/s1. The Morgan fingerprint density at radius 3 is 2.67 bits per heavy atom. The van der Waals surface area contributed by atoms with Gasteiger partial charge in [-0.15, -0.1) is 0 Å². The molecule has 3 aliphatic rings. The third-order valence-corrected chi connectivity index (χ3v) is 5.54. The first-order valence-corrected chi connectivity index (χ1v) is 10.1. The first kappa shape index (κ1) is 18.3. The number of aromatic nitrogens is 1. The second-order valence-electron chi connectivity index (χ2n) is 7.43. The third kappa shape index (κ3) is 4.29. The highest BCUT2D eigenvalue weighted by molar-refractivity contribution is 6.08. The first-order valence-electron chi connectivity index (χ1n) is 10.1. The van der Waals surface area contributed by atoms with Crippen LogP contribution < -0.4 is 15.5 Å². The molecule has 0 amide bonds. The largest absolute Gasteiger partial charge is 0.368 e. The predicted molar refractivity (Wildman–Crippen MR) is 113 cm³/mol. The van der Waals surface area contributed by atoms with Crippen molar-refractivity contribution in [2.45, 2.75) is 6.92 Å². The number of nitrogens with zero attached hydrogens (tertiary/aromatic N) is 4. The molecule has 0 unspecified atom stereocenters. The number of hydrogen-bond acceptors (Lipinski definition) is 6. The lowest BCUT2D eigenvalue weighted by atomic mass is 9.91. The van der Waals surface area contributed by atoms with Crippen LogP contribution in [0.2, 0.25) is 0 Å². The molecule has 2 N–H and O–H groups in total. The van der Waals surface area contributed by atoms with Gasteiger partial charge in [-0.05, 0) is 6.07 Å². The molecule has 0 bridgehead atoms. The van der Waals surface area contributed by atoms with Gasteiger partial charge in [-0.2, -0.15) is 0 Å². The minimum atomic E-state index is 0.284. The van der Waals surface area contributed by atoms with E-state index in [1.54, 1.807) is 0 Å². The molecule has 1 aromatic heterocycles. The molecule has 0 saturated carbocycles. The van der Waals surface area contributed by atoms with Crippen LogP contribution in [0.25, 0.3) is 6.08 Å². The van der Waals surface area contributed by atoms with Crippen LogP contribution in [-0.2, 0) is 0 Å². The normalized spacial score (nSPS) is 25.3. The third-order valence-electron chi connectivity index (χ3n) is 5.54. The maximum atomic E-state index is 4.83. The fourth-order valence-corrected chi connectivity index (χ4v) is 3.96. The van der Waals surface area contributed by atoms with E-state index >= 15 is 0 Å². The monoisotopic (exact) mass is 366 g/mol. The van der Waals surface area contributed by atoms with Crippen molar-refractivity contribution < 1.29 is 0 Å². The molecule has 144 valence electrons. The number of hydrogen-bond donors (Lipinski definition) is 2. The van der Waals surface area contributed by atoms with E-state index in [1.165, 1.54) is 11.3 Å². The molecule has 6 heteroatoms. The number of anilines is 1. The van der Waals surface area contributed by atoms with Crippen molar-refractivity contribution in [2.75, 3.05) is 63.8 Å². The van der Waals surface area contributed by atoms with Crippen LogP contribution in [0.15, 0.2) is 35.6 Å². The fourth-order valence-electron chi connectivity index (χ4n) is 3.96. The highest BCUT2D eigenvalue weighted by Crippen LogP contribution is 2.30. The number of piperazine rings is 2. The summed E-state index contributed by atoms with van der Waals surface area (Å²) in [7, 11) is 0. The van der Waals surface area contributed by atoms with Gasteiger partial charge in [-0.25, -0.2) is 0 Å². The molecule has 1 aliphatic carbocycles. The molecule has 0 aromatic carbocycles. The van der Waals surface area contributed by atoms with Gasteiger partial charge in [-0.3, -0.25) is 14.9 Å². The van der Waals surface area contributed by atoms with E-state index in [0.29, 0.717) is 0 Å². The molecule has 3 heterocycles. The lowest BCUT2D eigenvalue weighted by Gasteiger charge is -2.32. The molecular weight excluding hydrogens is 336 g/mol. The van der Waals surface area contributed by atoms with Gasteiger partial charge in [0.25, 0.3) is 0 Å². The Kier molecular flexibility index (Phi) is 5.97. The molecular formula is C21H30N6. The highest BCUT2D eigenvalue weighted by atomic mass is 15.2. The zero-order valence-electron chi connectivity index (χ0n) is 16.2. The van der Waals surface area contributed by atoms with E-state index in [0.717, 1.165) is 70.3 Å². The second-order valence-corrected chi connectivity index (χ2v) is 7.43. The van der Waals surface area contributed by atoms with Gasteiger partial charge in [-0.1, -0.05) is 25.2 Å². The van der Waals surface area contributed by atoms with E-state index < -0.39 is 0 Å². The van der Waals surface area contributed by atoms with Gasteiger partial charge >= 0.3 is 0 Å². The van der Waals surface area contributed by atoms with Crippen molar-refractivity contribution in [3.8, 4) is 0 Å². The number of aliphatic imine (C=N–C) groups is 1. The maximum absolute atomic E-state index is 4.83. The Labute approximate surface area is 162 Å². The van der Waals surface area contributed by atoms with Crippen molar-refractivity contribution in [3.63, 3.8) is 0 Å². The number of nitrogens with one attached hydrogen (secondary N) is 2. The van der Waals surface area contributed by atoms with E-state index in [9.17, 15) is 0 Å². The van der Waals surface area contributed by atoms with Crippen LogP contribution in [0.5, 0.6) is 0 Å². The molecule has 0 radical (unpaired) electrons. The molecule has 2 saturated heterocycles. The number of rotatable bonds is 4. The highest BCUT2D eigenvalue weighted by Gasteiger charge is 2.23. The Morgan fingerprint density at radius 2 is 1.89 bits per heavy atom. The van der Waals surface area contributed by atoms with Gasteiger partial charge in [0, 0.05) is 88.5 Å². The van der Waals surface area contributed by atoms with E-state index in [-0.39, 0.29) is 5.92 Å². The number of allylic oxidation sites excluding steroid dienone is 1. The van der Waals surface area contributed by atoms with Crippen molar-refractivity contribution in [1.82, 2.24) is 20.5 Å². The van der Waals surface area contributed by atoms with E-state index in [4.69, 9.17) is 9.98 Å². The quantitative estimate of drug-likeness (QED) is 0.843. The average Bonchev–Trinajstić information content (AvgIpc) is 2.73. The summed E-state index contributed by atoms with van der Waals surface area (Å²) in [5, 5.41) is 6.81. The topological polar surface area (TPSA) is 55.8 Å². The van der Waals surface area contributed by atoms with Crippen LogP contribution in [0.4, 0.5) is 5.69 Å². The van der Waals surface area contributed by atoms with Crippen molar-refractivity contribution in [3.05, 3.63) is 41.9 Å². The molecule has 1 atom stereocenters. The van der Waals surface area contributed by atoms with Crippen molar-refractivity contribution >= 4 is 17.5 Å². The average molecular weight is 367 g/mol. The SMILES string of the molecule is C[C@@H]1C=Cc2c(N3CCNCC3)ccnc2C1=N/C=C\CN1CCNCC1. The predicted octanol–water partition coefficient (Wildman–Crippen LogP) is 1.36. The summed E-state index contributed by atoms with van der Waals surface area (Å²) in [6, 6.07) is 2.14. The van der Waals surface area contributed by atoms with Crippen LogP contribution in [0, 0.1) is 5.92 Å². The summed E-state index contributed by atoms with van der Waals surface area (Å²) in [5.41, 5.74) is 4.60. The summed E-state index contributed by atoms with van der Waals surface area (Å²) in [5.74, 6) is 0.284.